The van der Waals surface area contributed by atoms with Crippen molar-refractivity contribution in [1.82, 2.24) is 4.90 Å². The molecule has 22 heavy (non-hydrogen) atoms. The lowest BCUT2D eigenvalue weighted by Crippen LogP contribution is -2.44. The standard InChI is InChI=1S/C16H22ClN3O2/c1-12-10-14(20(21)22)11-15(17)16(12)19-8-4-13(5-9-19)18-6-2-3-7-18/h10-11,13H,2-9H2,1H3. The number of aryl methyl sites for hydroxylation is 1. The normalized spacial score (nSPS) is 20.5. The number of anilines is 1. The second-order valence-electron chi connectivity index (χ2n) is 6.31. The van der Waals surface area contributed by atoms with E-state index in [2.05, 4.69) is 9.80 Å². The number of non-ortho nitro benzene ring substituents is 1. The Balaban J connectivity index is 1.72. The van der Waals surface area contributed by atoms with Crippen LogP contribution in [0.25, 0.3) is 0 Å². The number of nitro benzene ring substituents is 1. The molecule has 0 radical (unpaired) electrons. The van der Waals surface area contributed by atoms with Gasteiger partial charge in [-0.05, 0) is 51.3 Å². The average molecular weight is 324 g/mol. The highest BCUT2D eigenvalue weighted by molar-refractivity contribution is 6.33. The van der Waals surface area contributed by atoms with Crippen molar-refractivity contribution in [2.75, 3.05) is 31.1 Å². The molecule has 0 unspecified atom stereocenters. The number of nitro groups is 1. The number of piperidine rings is 1. The van der Waals surface area contributed by atoms with Gasteiger partial charge in [0.05, 0.1) is 15.6 Å². The van der Waals surface area contributed by atoms with Gasteiger partial charge < -0.3 is 9.80 Å². The van der Waals surface area contributed by atoms with Crippen LogP contribution in [-0.4, -0.2) is 42.0 Å². The molecule has 1 aromatic rings. The minimum absolute atomic E-state index is 0.0678. The zero-order chi connectivity index (χ0) is 15.7. The molecular weight excluding hydrogens is 302 g/mol. The van der Waals surface area contributed by atoms with Crippen LogP contribution >= 0.6 is 11.6 Å². The molecule has 2 heterocycles. The summed E-state index contributed by atoms with van der Waals surface area (Å²) in [5.74, 6) is 0. The first-order chi connectivity index (χ1) is 10.6. The predicted octanol–water partition coefficient (Wildman–Crippen LogP) is 3.62. The summed E-state index contributed by atoms with van der Waals surface area (Å²) < 4.78 is 0. The first kappa shape index (κ1) is 15.6. The zero-order valence-electron chi connectivity index (χ0n) is 12.9. The van der Waals surface area contributed by atoms with Crippen LogP contribution in [0.4, 0.5) is 11.4 Å². The summed E-state index contributed by atoms with van der Waals surface area (Å²) in [7, 11) is 0. The van der Waals surface area contributed by atoms with E-state index in [9.17, 15) is 10.1 Å². The van der Waals surface area contributed by atoms with Gasteiger partial charge in [0.25, 0.3) is 5.69 Å². The number of hydrogen-bond acceptors (Lipinski definition) is 4. The van der Waals surface area contributed by atoms with Crippen LogP contribution in [0.5, 0.6) is 0 Å². The summed E-state index contributed by atoms with van der Waals surface area (Å²) in [5.41, 5.74) is 1.92. The highest BCUT2D eigenvalue weighted by Crippen LogP contribution is 2.35. The van der Waals surface area contributed by atoms with Crippen molar-refractivity contribution in [3.05, 3.63) is 32.8 Å². The molecule has 0 aromatic heterocycles. The fraction of sp³-hybridized carbons (Fsp3) is 0.625. The number of hydrogen-bond donors (Lipinski definition) is 0. The van der Waals surface area contributed by atoms with Gasteiger partial charge in [0.15, 0.2) is 0 Å². The third-order valence-corrected chi connectivity index (χ3v) is 5.18. The highest BCUT2D eigenvalue weighted by Gasteiger charge is 2.28. The Morgan fingerprint density at radius 1 is 1.18 bits per heavy atom. The van der Waals surface area contributed by atoms with E-state index in [4.69, 9.17) is 11.6 Å². The Hall–Kier alpha value is -1.33. The molecule has 2 saturated heterocycles. The minimum Gasteiger partial charge on any atom is -0.370 e. The van der Waals surface area contributed by atoms with E-state index < -0.39 is 0 Å². The maximum absolute atomic E-state index is 10.9. The molecule has 2 fully saturated rings. The summed E-state index contributed by atoms with van der Waals surface area (Å²) in [6.45, 7) is 6.32. The lowest BCUT2D eigenvalue weighted by Gasteiger charge is -2.38. The molecule has 2 aliphatic rings. The van der Waals surface area contributed by atoms with Crippen LogP contribution in [0.3, 0.4) is 0 Å². The molecule has 0 aliphatic carbocycles. The Kier molecular flexibility index (Phi) is 4.54. The van der Waals surface area contributed by atoms with Gasteiger partial charge in [-0.1, -0.05) is 11.6 Å². The van der Waals surface area contributed by atoms with Crippen molar-refractivity contribution in [1.29, 1.82) is 0 Å². The van der Waals surface area contributed by atoms with Gasteiger partial charge in [-0.25, -0.2) is 0 Å². The largest absolute Gasteiger partial charge is 0.370 e. The highest BCUT2D eigenvalue weighted by atomic mass is 35.5. The van der Waals surface area contributed by atoms with Gasteiger partial charge in [-0.2, -0.15) is 0 Å². The number of benzene rings is 1. The van der Waals surface area contributed by atoms with E-state index in [-0.39, 0.29) is 10.6 Å². The number of nitrogens with zero attached hydrogens (tertiary/aromatic N) is 3. The average Bonchev–Trinajstić information content (AvgIpc) is 3.01. The molecule has 0 N–H and O–H groups in total. The van der Waals surface area contributed by atoms with Gasteiger partial charge in [-0.3, -0.25) is 10.1 Å². The summed E-state index contributed by atoms with van der Waals surface area (Å²) in [6.07, 6.45) is 4.94. The maximum atomic E-state index is 10.9. The van der Waals surface area contributed by atoms with Crippen molar-refractivity contribution in [3.8, 4) is 0 Å². The lowest BCUT2D eigenvalue weighted by molar-refractivity contribution is -0.384. The molecule has 0 amide bonds. The molecular formula is C16H22ClN3O2. The Labute approximate surface area is 136 Å². The Morgan fingerprint density at radius 3 is 2.36 bits per heavy atom. The third kappa shape index (κ3) is 3.06. The van der Waals surface area contributed by atoms with Crippen LogP contribution in [-0.2, 0) is 0 Å². The molecule has 120 valence electrons. The van der Waals surface area contributed by atoms with E-state index in [0.717, 1.165) is 37.2 Å². The Bertz CT molecular complexity index is 542. The topological polar surface area (TPSA) is 49.6 Å². The van der Waals surface area contributed by atoms with Gasteiger partial charge >= 0.3 is 0 Å². The van der Waals surface area contributed by atoms with E-state index in [1.54, 1.807) is 6.07 Å². The second kappa shape index (κ2) is 6.42. The van der Waals surface area contributed by atoms with Crippen LogP contribution in [0, 0.1) is 17.0 Å². The first-order valence-electron chi connectivity index (χ1n) is 8.00. The van der Waals surface area contributed by atoms with E-state index in [0.29, 0.717) is 11.1 Å². The fourth-order valence-electron chi connectivity index (χ4n) is 3.79. The van der Waals surface area contributed by atoms with Crippen molar-refractivity contribution in [2.45, 2.75) is 38.6 Å². The smallest absolute Gasteiger partial charge is 0.271 e. The lowest BCUT2D eigenvalue weighted by atomic mass is 10.0. The van der Waals surface area contributed by atoms with Gasteiger partial charge in [-0.15, -0.1) is 0 Å². The molecule has 0 spiro atoms. The minimum atomic E-state index is -0.387. The molecule has 3 rings (SSSR count). The fourth-order valence-corrected chi connectivity index (χ4v) is 4.17. The predicted molar refractivity (Wildman–Crippen MR) is 88.9 cm³/mol. The summed E-state index contributed by atoms with van der Waals surface area (Å²) >= 11 is 6.32. The molecule has 2 aliphatic heterocycles. The summed E-state index contributed by atoms with van der Waals surface area (Å²) in [4.78, 5) is 15.4. The number of rotatable bonds is 3. The number of likely N-dealkylation sites (tertiary alicyclic amines) is 1. The second-order valence-corrected chi connectivity index (χ2v) is 6.72. The van der Waals surface area contributed by atoms with Crippen LogP contribution < -0.4 is 4.90 Å². The van der Waals surface area contributed by atoms with Crippen molar-refractivity contribution in [3.63, 3.8) is 0 Å². The number of halogens is 1. The Morgan fingerprint density at radius 2 is 1.82 bits per heavy atom. The molecule has 0 bridgehead atoms. The maximum Gasteiger partial charge on any atom is 0.271 e. The van der Waals surface area contributed by atoms with Gasteiger partial charge in [0.2, 0.25) is 0 Å². The van der Waals surface area contributed by atoms with E-state index in [1.807, 2.05) is 6.92 Å². The molecule has 0 atom stereocenters. The third-order valence-electron chi connectivity index (χ3n) is 4.89. The van der Waals surface area contributed by atoms with Crippen molar-refractivity contribution < 1.29 is 4.92 Å². The first-order valence-corrected chi connectivity index (χ1v) is 8.37. The molecule has 0 saturated carbocycles. The molecule has 5 nitrogen and oxygen atoms in total. The summed E-state index contributed by atoms with van der Waals surface area (Å²) in [5, 5.41) is 11.4. The SMILES string of the molecule is Cc1cc([N+](=O)[O-])cc(Cl)c1N1CCC(N2CCCC2)CC1. The van der Waals surface area contributed by atoms with Crippen LogP contribution in [0.15, 0.2) is 12.1 Å². The van der Waals surface area contributed by atoms with Crippen molar-refractivity contribution in [2.24, 2.45) is 0 Å². The molecule has 6 heteroatoms. The van der Waals surface area contributed by atoms with Gasteiger partial charge in [0.1, 0.15) is 0 Å². The summed E-state index contributed by atoms with van der Waals surface area (Å²) in [6, 6.07) is 3.78. The van der Waals surface area contributed by atoms with Crippen LogP contribution in [0.2, 0.25) is 5.02 Å². The van der Waals surface area contributed by atoms with Gasteiger partial charge in [0, 0.05) is 31.3 Å². The van der Waals surface area contributed by atoms with E-state index >= 15 is 0 Å². The van der Waals surface area contributed by atoms with Crippen molar-refractivity contribution >= 4 is 23.0 Å². The molecule has 1 aromatic carbocycles. The monoisotopic (exact) mass is 323 g/mol. The zero-order valence-corrected chi connectivity index (χ0v) is 13.7. The quantitative estimate of drug-likeness (QED) is 0.629. The van der Waals surface area contributed by atoms with E-state index in [1.165, 1.54) is 32.0 Å². The van der Waals surface area contributed by atoms with Crippen LogP contribution in [0.1, 0.15) is 31.2 Å².